The summed E-state index contributed by atoms with van der Waals surface area (Å²) in [5, 5.41) is 29.9. The number of amides is 1. The van der Waals surface area contributed by atoms with Crippen molar-refractivity contribution < 1.29 is 29.5 Å². The van der Waals surface area contributed by atoms with Crippen LogP contribution in [0.3, 0.4) is 0 Å². The van der Waals surface area contributed by atoms with Gasteiger partial charge in [0, 0.05) is 12.1 Å². The third kappa shape index (κ3) is 4.90. The van der Waals surface area contributed by atoms with Crippen LogP contribution in [0.15, 0.2) is 24.3 Å². The van der Waals surface area contributed by atoms with Gasteiger partial charge in [-0.05, 0) is 12.1 Å². The number of carbonyl (C=O) groups is 2. The van der Waals surface area contributed by atoms with Gasteiger partial charge in [0.05, 0.1) is 11.5 Å². The number of nitro groups is 1. The van der Waals surface area contributed by atoms with Gasteiger partial charge in [0.25, 0.3) is 11.6 Å². The highest BCUT2D eigenvalue weighted by Crippen LogP contribution is 2.16. The molecule has 1 rings (SSSR count). The number of carbonyl (C=O) groups excluding carboxylic acids is 1. The molecular formula is C11H12N2O7. The van der Waals surface area contributed by atoms with Crippen LogP contribution in [0, 0.1) is 10.1 Å². The zero-order valence-electron chi connectivity index (χ0n) is 10.2. The Balaban J connectivity index is 2.37. The summed E-state index contributed by atoms with van der Waals surface area (Å²) >= 11 is 0. The number of aliphatic carboxylic acids is 1. The van der Waals surface area contributed by atoms with E-state index >= 15 is 0 Å². The smallest absolute Gasteiger partial charge is 0.334 e. The highest BCUT2D eigenvalue weighted by Gasteiger charge is 2.14. The van der Waals surface area contributed by atoms with Crippen molar-refractivity contribution in [3.63, 3.8) is 0 Å². The molecule has 0 aliphatic heterocycles. The molecule has 108 valence electrons. The van der Waals surface area contributed by atoms with E-state index in [-0.39, 0.29) is 11.4 Å². The minimum absolute atomic E-state index is 0.105. The topological polar surface area (TPSA) is 139 Å². The number of hydrogen-bond acceptors (Lipinski definition) is 6. The van der Waals surface area contributed by atoms with E-state index in [9.17, 15) is 19.7 Å². The summed E-state index contributed by atoms with van der Waals surface area (Å²) < 4.78 is 5.03. The van der Waals surface area contributed by atoms with Gasteiger partial charge >= 0.3 is 5.97 Å². The van der Waals surface area contributed by atoms with Gasteiger partial charge in [-0.1, -0.05) is 0 Å². The zero-order chi connectivity index (χ0) is 15.1. The molecule has 0 aromatic heterocycles. The van der Waals surface area contributed by atoms with Crippen LogP contribution in [0.1, 0.15) is 0 Å². The maximum atomic E-state index is 11.3. The molecule has 0 aliphatic rings. The van der Waals surface area contributed by atoms with Gasteiger partial charge in [-0.2, -0.15) is 0 Å². The van der Waals surface area contributed by atoms with Gasteiger partial charge < -0.3 is 20.3 Å². The second-order valence-electron chi connectivity index (χ2n) is 3.70. The van der Waals surface area contributed by atoms with Crippen LogP contribution in [0.2, 0.25) is 0 Å². The number of benzene rings is 1. The third-order valence-electron chi connectivity index (χ3n) is 2.20. The van der Waals surface area contributed by atoms with E-state index in [1.165, 1.54) is 24.3 Å². The molecule has 9 nitrogen and oxygen atoms in total. The predicted octanol–water partition coefficient (Wildman–Crippen LogP) is -0.465. The van der Waals surface area contributed by atoms with E-state index in [0.717, 1.165) is 0 Å². The van der Waals surface area contributed by atoms with Crippen LogP contribution in [-0.4, -0.2) is 46.3 Å². The van der Waals surface area contributed by atoms with E-state index < -0.39 is 36.1 Å². The molecule has 0 unspecified atom stereocenters. The molecule has 0 spiro atoms. The normalized spacial score (nSPS) is 11.4. The zero-order valence-corrected chi connectivity index (χ0v) is 10.2. The van der Waals surface area contributed by atoms with Crippen molar-refractivity contribution in [1.82, 2.24) is 5.32 Å². The van der Waals surface area contributed by atoms with E-state index in [4.69, 9.17) is 14.9 Å². The van der Waals surface area contributed by atoms with Crippen LogP contribution in [0.25, 0.3) is 0 Å². The molecule has 0 radical (unpaired) electrons. The minimum atomic E-state index is -1.68. The molecule has 1 amide bonds. The van der Waals surface area contributed by atoms with E-state index in [2.05, 4.69) is 5.32 Å². The average Bonchev–Trinajstić information content (AvgIpc) is 2.42. The summed E-state index contributed by atoms with van der Waals surface area (Å²) in [4.78, 5) is 31.4. The van der Waals surface area contributed by atoms with Crippen LogP contribution < -0.4 is 10.1 Å². The Bertz CT molecular complexity index is 500. The van der Waals surface area contributed by atoms with Crippen LogP contribution in [-0.2, 0) is 9.59 Å². The van der Waals surface area contributed by atoms with Gasteiger partial charge in [0.2, 0.25) is 0 Å². The molecule has 1 atom stereocenters. The lowest BCUT2D eigenvalue weighted by atomic mass is 10.3. The molecule has 0 saturated heterocycles. The Morgan fingerprint density at radius 3 is 2.45 bits per heavy atom. The number of hydrogen-bond donors (Lipinski definition) is 3. The summed E-state index contributed by atoms with van der Waals surface area (Å²) in [6.45, 7) is -0.831. The summed E-state index contributed by atoms with van der Waals surface area (Å²) in [5.74, 6) is -1.81. The fourth-order valence-electron chi connectivity index (χ4n) is 1.16. The maximum Gasteiger partial charge on any atom is 0.334 e. The average molecular weight is 284 g/mol. The Labute approximate surface area is 112 Å². The highest BCUT2D eigenvalue weighted by molar-refractivity contribution is 5.79. The molecule has 3 N–H and O–H groups in total. The number of carboxylic acids is 1. The summed E-state index contributed by atoms with van der Waals surface area (Å²) in [7, 11) is 0. The minimum Gasteiger partial charge on any atom is -0.484 e. The van der Waals surface area contributed by atoms with Crippen molar-refractivity contribution in [1.29, 1.82) is 0 Å². The number of aliphatic hydroxyl groups excluding tert-OH is 1. The number of non-ortho nitro benzene ring substituents is 1. The largest absolute Gasteiger partial charge is 0.484 e. The van der Waals surface area contributed by atoms with Crippen molar-refractivity contribution >= 4 is 17.6 Å². The Morgan fingerprint density at radius 2 is 1.95 bits per heavy atom. The first-order valence-electron chi connectivity index (χ1n) is 5.45. The van der Waals surface area contributed by atoms with Crippen LogP contribution in [0.4, 0.5) is 5.69 Å². The first kappa shape index (κ1) is 15.4. The second kappa shape index (κ2) is 7.04. The molecule has 9 heteroatoms. The molecule has 20 heavy (non-hydrogen) atoms. The van der Waals surface area contributed by atoms with E-state index in [0.29, 0.717) is 0 Å². The molecule has 1 aromatic rings. The summed E-state index contributed by atoms with van der Waals surface area (Å²) in [6, 6.07) is 5.11. The number of nitrogens with one attached hydrogen (secondary N) is 1. The van der Waals surface area contributed by atoms with E-state index in [1.54, 1.807) is 0 Å². The van der Waals surface area contributed by atoms with Crippen LogP contribution in [0.5, 0.6) is 5.75 Å². The molecule has 0 aliphatic carbocycles. The second-order valence-corrected chi connectivity index (χ2v) is 3.70. The van der Waals surface area contributed by atoms with Crippen molar-refractivity contribution in [2.24, 2.45) is 0 Å². The molecule has 0 fully saturated rings. The first-order chi connectivity index (χ1) is 9.40. The molecule has 0 saturated carbocycles. The van der Waals surface area contributed by atoms with Crippen molar-refractivity contribution in [3.05, 3.63) is 34.4 Å². The Kier molecular flexibility index (Phi) is 5.42. The predicted molar refractivity (Wildman–Crippen MR) is 65.2 cm³/mol. The number of nitrogens with zero attached hydrogens (tertiary/aromatic N) is 1. The van der Waals surface area contributed by atoms with Crippen molar-refractivity contribution in [3.8, 4) is 5.75 Å². The fraction of sp³-hybridized carbons (Fsp3) is 0.273. The Morgan fingerprint density at radius 1 is 1.35 bits per heavy atom. The SMILES string of the molecule is O=C(COc1ccc([N+](=O)[O-])cc1)NC[C@H](O)C(=O)O. The monoisotopic (exact) mass is 284 g/mol. The first-order valence-corrected chi connectivity index (χ1v) is 5.45. The summed E-state index contributed by atoms with van der Waals surface area (Å²) in [5.41, 5.74) is -0.105. The number of aliphatic hydroxyl groups is 1. The number of carboxylic acid groups (broad SMARTS) is 1. The van der Waals surface area contributed by atoms with Gasteiger partial charge in [-0.25, -0.2) is 4.79 Å². The summed E-state index contributed by atoms with van der Waals surface area (Å²) in [6.07, 6.45) is -1.68. The lowest BCUT2D eigenvalue weighted by molar-refractivity contribution is -0.384. The Hall–Kier alpha value is -2.68. The lowest BCUT2D eigenvalue weighted by Gasteiger charge is -2.09. The van der Waals surface area contributed by atoms with E-state index in [1.807, 2.05) is 0 Å². The third-order valence-corrected chi connectivity index (χ3v) is 2.20. The number of rotatable bonds is 7. The van der Waals surface area contributed by atoms with Crippen LogP contribution >= 0.6 is 0 Å². The fourth-order valence-corrected chi connectivity index (χ4v) is 1.16. The lowest BCUT2D eigenvalue weighted by Crippen LogP contribution is -2.38. The van der Waals surface area contributed by atoms with Gasteiger partial charge in [-0.3, -0.25) is 14.9 Å². The standard InChI is InChI=1S/C11H12N2O7/c14-9(11(16)17)5-12-10(15)6-20-8-3-1-7(2-4-8)13(18)19/h1-4,9,14H,5-6H2,(H,12,15)(H,16,17)/t9-/m0/s1. The molecular weight excluding hydrogens is 272 g/mol. The molecule has 0 bridgehead atoms. The van der Waals surface area contributed by atoms with Crippen molar-refractivity contribution in [2.75, 3.05) is 13.2 Å². The maximum absolute atomic E-state index is 11.3. The number of ether oxygens (including phenoxy) is 1. The number of nitro benzene ring substituents is 1. The van der Waals surface area contributed by atoms with Crippen molar-refractivity contribution in [2.45, 2.75) is 6.10 Å². The molecule has 0 heterocycles. The van der Waals surface area contributed by atoms with Gasteiger partial charge in [0.15, 0.2) is 12.7 Å². The highest BCUT2D eigenvalue weighted by atomic mass is 16.6. The van der Waals surface area contributed by atoms with Gasteiger partial charge in [-0.15, -0.1) is 0 Å². The molecule has 1 aromatic carbocycles. The van der Waals surface area contributed by atoms with Gasteiger partial charge in [0.1, 0.15) is 5.75 Å². The quantitative estimate of drug-likeness (QED) is 0.454.